The lowest BCUT2D eigenvalue weighted by atomic mass is 10.2. The molecular weight excluding hydrogens is 247 g/mol. The van der Waals surface area contributed by atoms with Crippen molar-refractivity contribution in [2.75, 3.05) is 0 Å². The minimum atomic E-state index is -0.323. The molecule has 0 saturated carbocycles. The number of nitrogens with zero attached hydrogens (tertiary/aromatic N) is 1. The van der Waals surface area contributed by atoms with Crippen LogP contribution in [0.25, 0.3) is 0 Å². The molecule has 0 atom stereocenters. The van der Waals surface area contributed by atoms with Crippen LogP contribution in [0.15, 0.2) is 27.7 Å². The van der Waals surface area contributed by atoms with Crippen molar-refractivity contribution in [1.82, 2.24) is 0 Å². The lowest BCUT2D eigenvalue weighted by molar-refractivity contribution is 0.626. The van der Waals surface area contributed by atoms with E-state index in [9.17, 15) is 4.39 Å². The fourth-order valence-electron chi connectivity index (χ4n) is 1.05. The monoisotopic (exact) mass is 258 g/mol. The predicted octanol–water partition coefficient (Wildman–Crippen LogP) is 2.70. The molecule has 0 aliphatic carbocycles. The van der Waals surface area contributed by atoms with Crippen molar-refractivity contribution in [3.8, 4) is 0 Å². The first-order valence-electron chi connectivity index (χ1n) is 4.29. The van der Waals surface area contributed by atoms with Gasteiger partial charge in [-0.05, 0) is 32.0 Å². The largest absolute Gasteiger partial charge is 0.383 e. The summed E-state index contributed by atoms with van der Waals surface area (Å²) in [4.78, 5) is 4.14. The van der Waals surface area contributed by atoms with Crippen LogP contribution in [-0.4, -0.2) is 11.9 Å². The molecule has 14 heavy (non-hydrogen) atoms. The van der Waals surface area contributed by atoms with Crippen molar-refractivity contribution in [2.24, 2.45) is 10.7 Å². The average molecular weight is 259 g/mol. The Morgan fingerprint density at radius 2 is 2.07 bits per heavy atom. The third-order valence-electron chi connectivity index (χ3n) is 1.56. The lowest BCUT2D eigenvalue weighted by Gasteiger charge is -2.04. The van der Waals surface area contributed by atoms with Crippen LogP contribution in [0, 0.1) is 5.82 Å². The van der Waals surface area contributed by atoms with Gasteiger partial charge in [-0.3, -0.25) is 4.99 Å². The standard InChI is InChI=1S/C10H12BrFN2/c1-6(2)14-10(13)7-3-8(11)5-9(12)4-7/h3-6H,1-2H3,(H2,13,14). The van der Waals surface area contributed by atoms with E-state index in [2.05, 4.69) is 20.9 Å². The fraction of sp³-hybridized carbons (Fsp3) is 0.300. The van der Waals surface area contributed by atoms with Gasteiger partial charge in [0, 0.05) is 16.1 Å². The van der Waals surface area contributed by atoms with Gasteiger partial charge >= 0.3 is 0 Å². The molecule has 2 nitrogen and oxygen atoms in total. The van der Waals surface area contributed by atoms with Gasteiger partial charge in [0.25, 0.3) is 0 Å². The van der Waals surface area contributed by atoms with E-state index in [1.807, 2.05) is 13.8 Å². The van der Waals surface area contributed by atoms with Gasteiger partial charge in [0.2, 0.25) is 0 Å². The molecule has 0 aliphatic rings. The first-order valence-corrected chi connectivity index (χ1v) is 5.08. The zero-order valence-electron chi connectivity index (χ0n) is 8.09. The third-order valence-corrected chi connectivity index (χ3v) is 2.01. The van der Waals surface area contributed by atoms with E-state index in [1.165, 1.54) is 12.1 Å². The van der Waals surface area contributed by atoms with Crippen LogP contribution in [0.1, 0.15) is 19.4 Å². The summed E-state index contributed by atoms with van der Waals surface area (Å²) in [5.74, 6) is 0.0384. The summed E-state index contributed by atoms with van der Waals surface area (Å²) in [5.41, 5.74) is 6.30. The molecule has 0 bridgehead atoms. The van der Waals surface area contributed by atoms with Crippen molar-refractivity contribution in [2.45, 2.75) is 19.9 Å². The number of nitrogens with two attached hydrogens (primary N) is 1. The van der Waals surface area contributed by atoms with E-state index in [4.69, 9.17) is 5.73 Å². The molecule has 1 rings (SSSR count). The smallest absolute Gasteiger partial charge is 0.126 e. The van der Waals surface area contributed by atoms with E-state index in [0.717, 1.165) is 0 Å². The topological polar surface area (TPSA) is 38.4 Å². The molecule has 0 aromatic heterocycles. The molecule has 1 aromatic rings. The number of aliphatic imine (C=N–C) groups is 1. The highest BCUT2D eigenvalue weighted by Gasteiger charge is 2.03. The number of rotatable bonds is 2. The summed E-state index contributed by atoms with van der Waals surface area (Å²) < 4.78 is 13.6. The van der Waals surface area contributed by atoms with Crippen molar-refractivity contribution in [3.63, 3.8) is 0 Å². The van der Waals surface area contributed by atoms with Gasteiger partial charge < -0.3 is 5.73 Å². The average Bonchev–Trinajstić information content (AvgIpc) is 2.00. The van der Waals surface area contributed by atoms with Gasteiger partial charge in [0.05, 0.1) is 0 Å². The number of hydrogen-bond acceptors (Lipinski definition) is 1. The van der Waals surface area contributed by atoms with Gasteiger partial charge in [-0.1, -0.05) is 15.9 Å². The molecule has 0 radical (unpaired) electrons. The Morgan fingerprint density at radius 1 is 1.43 bits per heavy atom. The van der Waals surface area contributed by atoms with Crippen molar-refractivity contribution in [3.05, 3.63) is 34.1 Å². The number of amidine groups is 1. The van der Waals surface area contributed by atoms with Gasteiger partial charge in [-0.15, -0.1) is 0 Å². The van der Waals surface area contributed by atoms with Gasteiger partial charge in [0.15, 0.2) is 0 Å². The second-order valence-electron chi connectivity index (χ2n) is 3.27. The highest BCUT2D eigenvalue weighted by atomic mass is 79.9. The Hall–Kier alpha value is -0.900. The van der Waals surface area contributed by atoms with E-state index in [0.29, 0.717) is 15.9 Å². The molecule has 4 heteroatoms. The summed E-state index contributed by atoms with van der Waals surface area (Å²) in [6, 6.07) is 4.60. The van der Waals surface area contributed by atoms with Crippen molar-refractivity contribution in [1.29, 1.82) is 0 Å². The number of halogens is 2. The fourth-order valence-corrected chi connectivity index (χ4v) is 1.52. The maximum atomic E-state index is 13.0. The van der Waals surface area contributed by atoms with Crippen LogP contribution in [0.3, 0.4) is 0 Å². The second-order valence-corrected chi connectivity index (χ2v) is 4.18. The third kappa shape index (κ3) is 3.10. The molecule has 0 spiro atoms. The van der Waals surface area contributed by atoms with E-state index >= 15 is 0 Å². The van der Waals surface area contributed by atoms with Crippen LogP contribution >= 0.6 is 15.9 Å². The summed E-state index contributed by atoms with van der Waals surface area (Å²) in [7, 11) is 0. The second kappa shape index (κ2) is 4.55. The Labute approximate surface area is 91.2 Å². The van der Waals surface area contributed by atoms with E-state index in [-0.39, 0.29) is 11.9 Å². The quantitative estimate of drug-likeness (QED) is 0.643. The van der Waals surface area contributed by atoms with Crippen LogP contribution in [-0.2, 0) is 0 Å². The summed E-state index contributed by atoms with van der Waals surface area (Å²) in [6.45, 7) is 3.84. The van der Waals surface area contributed by atoms with E-state index < -0.39 is 0 Å². The molecule has 0 unspecified atom stereocenters. The molecule has 0 aliphatic heterocycles. The van der Waals surface area contributed by atoms with Gasteiger partial charge in [-0.25, -0.2) is 4.39 Å². The van der Waals surface area contributed by atoms with Crippen molar-refractivity contribution >= 4 is 21.8 Å². The Balaban J connectivity index is 3.07. The van der Waals surface area contributed by atoms with Crippen LogP contribution in [0.4, 0.5) is 4.39 Å². The number of hydrogen-bond donors (Lipinski definition) is 1. The minimum absolute atomic E-state index is 0.108. The van der Waals surface area contributed by atoms with Crippen LogP contribution < -0.4 is 5.73 Å². The molecule has 0 heterocycles. The highest BCUT2D eigenvalue weighted by Crippen LogP contribution is 2.14. The summed E-state index contributed by atoms with van der Waals surface area (Å²) in [6.07, 6.45) is 0. The lowest BCUT2D eigenvalue weighted by Crippen LogP contribution is -2.15. The summed E-state index contributed by atoms with van der Waals surface area (Å²) in [5, 5.41) is 0. The molecule has 2 N–H and O–H groups in total. The first kappa shape index (κ1) is 11.2. The zero-order chi connectivity index (χ0) is 10.7. The van der Waals surface area contributed by atoms with Crippen LogP contribution in [0.5, 0.6) is 0 Å². The maximum Gasteiger partial charge on any atom is 0.126 e. The van der Waals surface area contributed by atoms with Crippen LogP contribution in [0.2, 0.25) is 0 Å². The molecule has 1 aromatic carbocycles. The SMILES string of the molecule is CC(C)N=C(N)c1cc(F)cc(Br)c1. The minimum Gasteiger partial charge on any atom is -0.383 e. The number of benzene rings is 1. The van der Waals surface area contributed by atoms with E-state index in [1.54, 1.807) is 6.07 Å². The van der Waals surface area contributed by atoms with Gasteiger partial charge in [0.1, 0.15) is 11.7 Å². The zero-order valence-corrected chi connectivity index (χ0v) is 9.68. The molecular formula is C10H12BrFN2. The highest BCUT2D eigenvalue weighted by molar-refractivity contribution is 9.10. The normalized spacial score (nSPS) is 12.2. The molecule has 0 fully saturated rings. The molecule has 76 valence electrons. The van der Waals surface area contributed by atoms with Crippen molar-refractivity contribution < 1.29 is 4.39 Å². The Kier molecular flexibility index (Phi) is 3.63. The Bertz CT molecular complexity index is 341. The summed E-state index contributed by atoms with van der Waals surface area (Å²) >= 11 is 3.20. The maximum absolute atomic E-state index is 13.0. The molecule has 0 amide bonds. The first-order chi connectivity index (χ1) is 6.49. The molecule has 0 saturated heterocycles. The predicted molar refractivity (Wildman–Crippen MR) is 60.0 cm³/mol. The Morgan fingerprint density at radius 3 is 2.57 bits per heavy atom. The van der Waals surface area contributed by atoms with Gasteiger partial charge in [-0.2, -0.15) is 0 Å².